The van der Waals surface area contributed by atoms with Crippen LogP contribution in [0.4, 0.5) is 4.79 Å². The Morgan fingerprint density at radius 1 is 1.36 bits per heavy atom. The highest BCUT2D eigenvalue weighted by Gasteiger charge is 2.30. The lowest BCUT2D eigenvalue weighted by molar-refractivity contribution is -0.126. The Kier molecular flexibility index (Phi) is 3.98. The van der Waals surface area contributed by atoms with Crippen molar-refractivity contribution >= 4 is 34.6 Å². The highest BCUT2D eigenvalue weighted by atomic mass is 32.2. The number of imide groups is 1. The highest BCUT2D eigenvalue weighted by molar-refractivity contribution is 8.00. The molecule has 0 bridgehead atoms. The van der Waals surface area contributed by atoms with Gasteiger partial charge in [-0.1, -0.05) is 30.0 Å². The van der Waals surface area contributed by atoms with Gasteiger partial charge in [-0.25, -0.2) is 14.8 Å². The number of carbonyl (C=O) groups is 2. The Morgan fingerprint density at radius 2 is 2.14 bits per heavy atom. The van der Waals surface area contributed by atoms with Crippen LogP contribution < -0.4 is 5.32 Å². The van der Waals surface area contributed by atoms with Crippen LogP contribution in [0.2, 0.25) is 0 Å². The first-order chi connectivity index (χ1) is 10.6. The van der Waals surface area contributed by atoms with Gasteiger partial charge in [0.15, 0.2) is 0 Å². The fourth-order valence-electron chi connectivity index (χ4n) is 2.37. The number of nitrogens with zero attached hydrogens (tertiary/aromatic N) is 3. The maximum Gasteiger partial charge on any atom is 0.324 e. The molecule has 7 heteroatoms. The molecule has 3 amide bonds. The number of para-hydroxylation sites is 1. The predicted molar refractivity (Wildman–Crippen MR) is 84.7 cm³/mol. The monoisotopic (exact) mass is 316 g/mol. The molecule has 114 valence electrons. The number of fused-ring (bicyclic) bond motifs is 1. The topological polar surface area (TPSA) is 75.2 Å². The molecule has 3 rings (SSSR count). The lowest BCUT2D eigenvalue weighted by Crippen LogP contribution is -2.38. The minimum absolute atomic E-state index is 0.194. The van der Waals surface area contributed by atoms with Gasteiger partial charge in [-0.15, -0.1) is 0 Å². The number of carbonyl (C=O) groups excluding carboxylic acids is 2. The number of amides is 3. The molecule has 6 nitrogen and oxygen atoms in total. The molecule has 1 aliphatic heterocycles. The van der Waals surface area contributed by atoms with Gasteiger partial charge in [0.25, 0.3) is 0 Å². The van der Waals surface area contributed by atoms with E-state index in [-0.39, 0.29) is 17.2 Å². The van der Waals surface area contributed by atoms with E-state index in [1.165, 1.54) is 16.7 Å². The standard InChI is InChI=1S/C15H16N4O2S/c1-9(14(20)19-8-7-16-15(19)21)22-13-11-5-3-4-6-12(11)17-10(2)18-13/h3-6,9H,7-8H2,1-2H3,(H,16,21)/t9-/m1/s1. The van der Waals surface area contributed by atoms with Gasteiger partial charge < -0.3 is 5.32 Å². The van der Waals surface area contributed by atoms with Gasteiger partial charge in [0.1, 0.15) is 10.9 Å². The molecule has 1 N–H and O–H groups in total. The lowest BCUT2D eigenvalue weighted by Gasteiger charge is -2.17. The summed E-state index contributed by atoms with van der Waals surface area (Å²) in [4.78, 5) is 34.1. The summed E-state index contributed by atoms with van der Waals surface area (Å²) < 4.78 is 0. The smallest absolute Gasteiger partial charge is 0.324 e. The molecule has 2 aromatic rings. The molecular formula is C15H16N4O2S. The molecule has 1 atom stereocenters. The summed E-state index contributed by atoms with van der Waals surface area (Å²) in [6.45, 7) is 4.56. The third-order valence-electron chi connectivity index (χ3n) is 3.44. The van der Waals surface area contributed by atoms with Crippen molar-refractivity contribution in [3.8, 4) is 0 Å². The molecule has 1 fully saturated rings. The second-order valence-corrected chi connectivity index (χ2v) is 6.40. The lowest BCUT2D eigenvalue weighted by atomic mass is 10.2. The van der Waals surface area contributed by atoms with Gasteiger partial charge in [-0.3, -0.25) is 9.69 Å². The van der Waals surface area contributed by atoms with E-state index >= 15 is 0 Å². The van der Waals surface area contributed by atoms with E-state index < -0.39 is 0 Å². The molecule has 0 unspecified atom stereocenters. The number of hydrogen-bond acceptors (Lipinski definition) is 5. The average Bonchev–Trinajstić information content (AvgIpc) is 2.92. The number of urea groups is 1. The van der Waals surface area contributed by atoms with E-state index in [2.05, 4.69) is 15.3 Å². The molecule has 1 aromatic carbocycles. The van der Waals surface area contributed by atoms with Crippen molar-refractivity contribution in [3.05, 3.63) is 30.1 Å². The van der Waals surface area contributed by atoms with Gasteiger partial charge in [-0.2, -0.15) is 0 Å². The summed E-state index contributed by atoms with van der Waals surface area (Å²) in [6.07, 6.45) is 0. The summed E-state index contributed by atoms with van der Waals surface area (Å²) in [7, 11) is 0. The number of thioether (sulfide) groups is 1. The minimum atomic E-state index is -0.387. The molecule has 1 aliphatic rings. The Morgan fingerprint density at radius 3 is 2.86 bits per heavy atom. The van der Waals surface area contributed by atoms with E-state index in [4.69, 9.17) is 0 Å². The fourth-order valence-corrected chi connectivity index (χ4v) is 3.41. The van der Waals surface area contributed by atoms with Gasteiger partial charge >= 0.3 is 6.03 Å². The number of aryl methyl sites for hydroxylation is 1. The molecule has 22 heavy (non-hydrogen) atoms. The van der Waals surface area contributed by atoms with Crippen molar-refractivity contribution in [1.82, 2.24) is 20.2 Å². The van der Waals surface area contributed by atoms with Crippen LogP contribution in [0.3, 0.4) is 0 Å². The number of benzene rings is 1. The summed E-state index contributed by atoms with van der Waals surface area (Å²) in [5.41, 5.74) is 0.857. The normalized spacial score (nSPS) is 15.9. The van der Waals surface area contributed by atoms with Crippen LogP contribution >= 0.6 is 11.8 Å². The van der Waals surface area contributed by atoms with Gasteiger partial charge in [0.2, 0.25) is 5.91 Å². The van der Waals surface area contributed by atoms with Crippen LogP contribution in [-0.4, -0.2) is 45.1 Å². The third-order valence-corrected chi connectivity index (χ3v) is 4.53. The largest absolute Gasteiger partial charge is 0.336 e. The van der Waals surface area contributed by atoms with Gasteiger partial charge in [0, 0.05) is 18.5 Å². The SMILES string of the molecule is Cc1nc(S[C@H](C)C(=O)N2CCNC2=O)c2ccccc2n1. The van der Waals surface area contributed by atoms with Crippen molar-refractivity contribution in [3.63, 3.8) is 0 Å². The second-order valence-electron chi connectivity index (χ2n) is 5.08. The van der Waals surface area contributed by atoms with E-state index in [1.807, 2.05) is 31.2 Å². The molecular weight excluding hydrogens is 300 g/mol. The van der Waals surface area contributed by atoms with Crippen molar-refractivity contribution < 1.29 is 9.59 Å². The van der Waals surface area contributed by atoms with Crippen LogP contribution in [0.15, 0.2) is 29.3 Å². The van der Waals surface area contributed by atoms with Crippen LogP contribution in [0, 0.1) is 6.92 Å². The van der Waals surface area contributed by atoms with Gasteiger partial charge in [0.05, 0.1) is 10.8 Å². The van der Waals surface area contributed by atoms with E-state index in [1.54, 1.807) is 6.92 Å². The maximum atomic E-state index is 12.4. The zero-order valence-corrected chi connectivity index (χ0v) is 13.2. The molecule has 2 heterocycles. The number of nitrogens with one attached hydrogen (secondary N) is 1. The Hall–Kier alpha value is -2.15. The van der Waals surface area contributed by atoms with Crippen molar-refractivity contribution in [2.75, 3.05) is 13.1 Å². The Bertz CT molecular complexity index is 749. The number of rotatable bonds is 3. The van der Waals surface area contributed by atoms with Crippen molar-refractivity contribution in [2.45, 2.75) is 24.1 Å². The molecule has 0 saturated carbocycles. The molecule has 0 spiro atoms. The fraction of sp³-hybridized carbons (Fsp3) is 0.333. The summed E-state index contributed by atoms with van der Waals surface area (Å²) in [5.74, 6) is 0.472. The first kappa shape index (κ1) is 14.8. The number of aromatic nitrogens is 2. The first-order valence-electron chi connectivity index (χ1n) is 7.05. The summed E-state index contributed by atoms with van der Waals surface area (Å²) in [5, 5.41) is 3.94. The van der Waals surface area contributed by atoms with Crippen LogP contribution in [0.5, 0.6) is 0 Å². The minimum Gasteiger partial charge on any atom is -0.336 e. The number of hydrogen-bond donors (Lipinski definition) is 1. The Labute approximate surface area is 132 Å². The molecule has 1 aromatic heterocycles. The zero-order chi connectivity index (χ0) is 15.7. The molecule has 0 radical (unpaired) electrons. The van der Waals surface area contributed by atoms with E-state index in [0.29, 0.717) is 18.9 Å². The van der Waals surface area contributed by atoms with Crippen LogP contribution in [-0.2, 0) is 4.79 Å². The first-order valence-corrected chi connectivity index (χ1v) is 7.93. The van der Waals surface area contributed by atoms with Crippen molar-refractivity contribution in [1.29, 1.82) is 0 Å². The third kappa shape index (κ3) is 2.76. The highest BCUT2D eigenvalue weighted by Crippen LogP contribution is 2.29. The van der Waals surface area contributed by atoms with Gasteiger partial charge in [-0.05, 0) is 19.9 Å². The van der Waals surface area contributed by atoms with E-state index in [0.717, 1.165) is 15.9 Å². The summed E-state index contributed by atoms with van der Waals surface area (Å²) >= 11 is 1.36. The van der Waals surface area contributed by atoms with Crippen LogP contribution in [0.1, 0.15) is 12.7 Å². The van der Waals surface area contributed by atoms with Crippen molar-refractivity contribution in [2.24, 2.45) is 0 Å². The zero-order valence-electron chi connectivity index (χ0n) is 12.4. The average molecular weight is 316 g/mol. The molecule has 1 saturated heterocycles. The maximum absolute atomic E-state index is 12.4. The Balaban J connectivity index is 1.86. The summed E-state index contributed by atoms with van der Waals surface area (Å²) in [6, 6.07) is 7.39. The second kappa shape index (κ2) is 5.92. The molecule has 0 aliphatic carbocycles. The van der Waals surface area contributed by atoms with E-state index in [9.17, 15) is 9.59 Å². The van der Waals surface area contributed by atoms with Crippen LogP contribution in [0.25, 0.3) is 10.9 Å². The predicted octanol–water partition coefficient (Wildman–Crippen LogP) is 1.97. The quantitative estimate of drug-likeness (QED) is 0.692.